The van der Waals surface area contributed by atoms with Crippen molar-refractivity contribution in [1.82, 2.24) is 5.32 Å². The molecule has 0 heterocycles. The predicted octanol–water partition coefficient (Wildman–Crippen LogP) is 3.27. The van der Waals surface area contributed by atoms with E-state index in [4.69, 9.17) is 9.84 Å². The molecule has 0 saturated carbocycles. The van der Waals surface area contributed by atoms with Gasteiger partial charge in [0.05, 0.1) is 0 Å². The van der Waals surface area contributed by atoms with Gasteiger partial charge in [-0.15, -0.1) is 0 Å². The summed E-state index contributed by atoms with van der Waals surface area (Å²) in [6, 6.07) is 14.2. The molecule has 4 heteroatoms. The number of aliphatic hydroxyl groups excluding tert-OH is 1. The van der Waals surface area contributed by atoms with Gasteiger partial charge in [0.15, 0.2) is 0 Å². The summed E-state index contributed by atoms with van der Waals surface area (Å²) >= 11 is 0. The third-order valence-electron chi connectivity index (χ3n) is 3.31. The summed E-state index contributed by atoms with van der Waals surface area (Å²) in [5.74, 6) is 0.567. The number of halogens is 1. The van der Waals surface area contributed by atoms with Gasteiger partial charge in [0.1, 0.15) is 18.2 Å². The molecule has 22 heavy (non-hydrogen) atoms. The molecule has 2 aromatic carbocycles. The third-order valence-corrected chi connectivity index (χ3v) is 3.31. The van der Waals surface area contributed by atoms with Crippen molar-refractivity contribution in [3.8, 4) is 5.75 Å². The standard InChI is InChI=1S/C18H22FNO2/c19-17-8-6-15(7-9-17)14-22-18-5-3-4-16(12-18)13-20-10-1-2-11-21/h3-9,12,20-21H,1-2,10-11,13-14H2. The Balaban J connectivity index is 1.79. The first-order valence-electron chi connectivity index (χ1n) is 7.55. The molecule has 0 amide bonds. The molecule has 0 aliphatic carbocycles. The fourth-order valence-electron chi connectivity index (χ4n) is 2.09. The Morgan fingerprint density at radius 3 is 2.59 bits per heavy atom. The summed E-state index contributed by atoms with van der Waals surface area (Å²) < 4.78 is 18.6. The Kier molecular flexibility index (Phi) is 6.87. The van der Waals surface area contributed by atoms with Crippen LogP contribution in [-0.4, -0.2) is 18.3 Å². The van der Waals surface area contributed by atoms with E-state index in [0.29, 0.717) is 6.61 Å². The molecule has 3 nitrogen and oxygen atoms in total. The number of nitrogens with one attached hydrogen (secondary N) is 1. The molecular formula is C18H22FNO2. The number of ether oxygens (including phenoxy) is 1. The van der Waals surface area contributed by atoms with Crippen LogP contribution >= 0.6 is 0 Å². The summed E-state index contributed by atoms with van der Waals surface area (Å²) in [5, 5.41) is 12.1. The van der Waals surface area contributed by atoms with Gasteiger partial charge in [-0.2, -0.15) is 0 Å². The lowest BCUT2D eigenvalue weighted by atomic mass is 10.2. The largest absolute Gasteiger partial charge is 0.489 e. The van der Waals surface area contributed by atoms with E-state index in [1.807, 2.05) is 24.3 Å². The minimum atomic E-state index is -0.238. The zero-order valence-corrected chi connectivity index (χ0v) is 12.6. The first-order chi connectivity index (χ1) is 10.8. The van der Waals surface area contributed by atoms with Crippen LogP contribution in [0.2, 0.25) is 0 Å². The summed E-state index contributed by atoms with van der Waals surface area (Å²) in [6.07, 6.45) is 1.80. The zero-order chi connectivity index (χ0) is 15.6. The Bertz CT molecular complexity index is 557. The van der Waals surface area contributed by atoms with Crippen LogP contribution in [0.5, 0.6) is 5.75 Å². The van der Waals surface area contributed by atoms with Gasteiger partial charge in [0.25, 0.3) is 0 Å². The Hall–Kier alpha value is -1.91. The van der Waals surface area contributed by atoms with Gasteiger partial charge in [-0.3, -0.25) is 0 Å². The second-order valence-electron chi connectivity index (χ2n) is 5.17. The summed E-state index contributed by atoms with van der Waals surface area (Å²) in [6.45, 7) is 2.34. The molecule has 0 aliphatic heterocycles. The van der Waals surface area contributed by atoms with Gasteiger partial charge < -0.3 is 15.2 Å². The fourth-order valence-corrected chi connectivity index (χ4v) is 2.09. The van der Waals surface area contributed by atoms with E-state index in [0.717, 1.165) is 42.8 Å². The highest BCUT2D eigenvalue weighted by molar-refractivity contribution is 5.29. The molecule has 0 saturated heterocycles. The van der Waals surface area contributed by atoms with E-state index >= 15 is 0 Å². The van der Waals surface area contributed by atoms with Crippen molar-refractivity contribution in [2.24, 2.45) is 0 Å². The highest BCUT2D eigenvalue weighted by atomic mass is 19.1. The van der Waals surface area contributed by atoms with Gasteiger partial charge in [-0.25, -0.2) is 4.39 Å². The van der Waals surface area contributed by atoms with Crippen molar-refractivity contribution in [3.63, 3.8) is 0 Å². The first kappa shape index (κ1) is 16.5. The number of benzene rings is 2. The molecule has 2 aromatic rings. The molecule has 0 radical (unpaired) electrons. The maximum absolute atomic E-state index is 12.8. The first-order valence-corrected chi connectivity index (χ1v) is 7.55. The number of aliphatic hydroxyl groups is 1. The number of hydrogen-bond donors (Lipinski definition) is 2. The average Bonchev–Trinajstić information content (AvgIpc) is 2.55. The van der Waals surface area contributed by atoms with Crippen LogP contribution in [0.1, 0.15) is 24.0 Å². The monoisotopic (exact) mass is 303 g/mol. The van der Waals surface area contributed by atoms with Crippen LogP contribution in [0.4, 0.5) is 4.39 Å². The van der Waals surface area contributed by atoms with Crippen molar-refractivity contribution in [2.45, 2.75) is 26.0 Å². The lowest BCUT2D eigenvalue weighted by Crippen LogP contribution is -2.15. The molecule has 2 rings (SSSR count). The Labute approximate surface area is 130 Å². The SMILES string of the molecule is OCCCCNCc1cccc(OCc2ccc(F)cc2)c1. The molecule has 0 aliphatic rings. The molecule has 2 N–H and O–H groups in total. The highest BCUT2D eigenvalue weighted by Crippen LogP contribution is 2.15. The topological polar surface area (TPSA) is 41.5 Å². The van der Waals surface area contributed by atoms with Crippen LogP contribution < -0.4 is 10.1 Å². The van der Waals surface area contributed by atoms with Gasteiger partial charge in [-0.05, 0) is 54.8 Å². The quantitative estimate of drug-likeness (QED) is 0.699. The minimum absolute atomic E-state index is 0.238. The Morgan fingerprint density at radius 2 is 1.82 bits per heavy atom. The van der Waals surface area contributed by atoms with Crippen molar-refractivity contribution < 1.29 is 14.2 Å². The molecule has 0 atom stereocenters. The summed E-state index contributed by atoms with van der Waals surface area (Å²) in [5.41, 5.74) is 2.09. The highest BCUT2D eigenvalue weighted by Gasteiger charge is 1.99. The van der Waals surface area contributed by atoms with Gasteiger partial charge in [0, 0.05) is 13.2 Å². The Morgan fingerprint density at radius 1 is 1.00 bits per heavy atom. The van der Waals surface area contributed by atoms with Crippen molar-refractivity contribution in [1.29, 1.82) is 0 Å². The number of unbranched alkanes of at least 4 members (excludes halogenated alkanes) is 1. The lowest BCUT2D eigenvalue weighted by molar-refractivity contribution is 0.283. The van der Waals surface area contributed by atoms with E-state index in [-0.39, 0.29) is 12.4 Å². The number of rotatable bonds is 9. The molecule has 0 aromatic heterocycles. The van der Waals surface area contributed by atoms with Gasteiger partial charge in [0.2, 0.25) is 0 Å². The maximum atomic E-state index is 12.8. The van der Waals surface area contributed by atoms with E-state index in [1.54, 1.807) is 12.1 Å². The van der Waals surface area contributed by atoms with Crippen LogP contribution in [-0.2, 0) is 13.2 Å². The molecule has 0 spiro atoms. The summed E-state index contributed by atoms with van der Waals surface area (Å²) in [7, 11) is 0. The lowest BCUT2D eigenvalue weighted by Gasteiger charge is -2.09. The second-order valence-corrected chi connectivity index (χ2v) is 5.17. The number of hydrogen-bond acceptors (Lipinski definition) is 3. The maximum Gasteiger partial charge on any atom is 0.123 e. The van der Waals surface area contributed by atoms with E-state index in [9.17, 15) is 4.39 Å². The van der Waals surface area contributed by atoms with Crippen molar-refractivity contribution >= 4 is 0 Å². The van der Waals surface area contributed by atoms with Crippen LogP contribution in [0.25, 0.3) is 0 Å². The van der Waals surface area contributed by atoms with Crippen LogP contribution in [0.15, 0.2) is 48.5 Å². The van der Waals surface area contributed by atoms with Crippen molar-refractivity contribution in [2.75, 3.05) is 13.2 Å². The van der Waals surface area contributed by atoms with Gasteiger partial charge >= 0.3 is 0 Å². The molecule has 0 bridgehead atoms. The summed E-state index contributed by atoms with van der Waals surface area (Å²) in [4.78, 5) is 0. The van der Waals surface area contributed by atoms with Gasteiger partial charge in [-0.1, -0.05) is 24.3 Å². The predicted molar refractivity (Wildman–Crippen MR) is 85.2 cm³/mol. The average molecular weight is 303 g/mol. The van der Waals surface area contributed by atoms with E-state index < -0.39 is 0 Å². The van der Waals surface area contributed by atoms with Crippen LogP contribution in [0, 0.1) is 5.82 Å². The van der Waals surface area contributed by atoms with Crippen LogP contribution in [0.3, 0.4) is 0 Å². The normalized spacial score (nSPS) is 10.6. The fraction of sp³-hybridized carbons (Fsp3) is 0.333. The zero-order valence-electron chi connectivity index (χ0n) is 12.6. The van der Waals surface area contributed by atoms with Crippen molar-refractivity contribution in [3.05, 3.63) is 65.5 Å². The van der Waals surface area contributed by atoms with E-state index in [2.05, 4.69) is 5.32 Å². The van der Waals surface area contributed by atoms with E-state index in [1.165, 1.54) is 12.1 Å². The molecule has 0 fully saturated rings. The molecular weight excluding hydrogens is 281 g/mol. The smallest absolute Gasteiger partial charge is 0.123 e. The second kappa shape index (κ2) is 9.18. The third kappa shape index (κ3) is 5.84. The minimum Gasteiger partial charge on any atom is -0.489 e. The molecule has 0 unspecified atom stereocenters. The molecule has 118 valence electrons.